The number of benzene rings is 1. The van der Waals surface area contributed by atoms with Crippen molar-refractivity contribution >= 4 is 41.7 Å². The maximum Gasteiger partial charge on any atom is 0.387 e. The van der Waals surface area contributed by atoms with Crippen molar-refractivity contribution in [2.45, 2.75) is 38.2 Å². The zero-order valence-corrected chi connectivity index (χ0v) is 18.1. The van der Waals surface area contributed by atoms with Gasteiger partial charge in [0, 0.05) is 30.0 Å². The molecule has 0 saturated carbocycles. The molecule has 148 valence electrons. The summed E-state index contributed by atoms with van der Waals surface area (Å²) < 4.78 is 34.9. The van der Waals surface area contributed by atoms with Crippen LogP contribution in [-0.2, 0) is 6.54 Å². The molecule has 0 aliphatic carbocycles. The molecule has 0 aromatic heterocycles. The van der Waals surface area contributed by atoms with Gasteiger partial charge in [0.15, 0.2) is 5.96 Å². The van der Waals surface area contributed by atoms with Gasteiger partial charge in [0.25, 0.3) is 0 Å². The first-order valence-electron chi connectivity index (χ1n) is 8.38. The average molecular weight is 501 g/mol. The number of hydrogen-bond acceptors (Lipinski definition) is 4. The second-order valence-electron chi connectivity index (χ2n) is 5.56. The van der Waals surface area contributed by atoms with Crippen molar-refractivity contribution < 1.29 is 18.3 Å². The Bertz CT molecular complexity index is 573. The van der Waals surface area contributed by atoms with Gasteiger partial charge >= 0.3 is 6.61 Å². The number of nitrogens with zero attached hydrogens (tertiary/aromatic N) is 1. The molecular weight excluding hydrogens is 475 g/mol. The van der Waals surface area contributed by atoms with Crippen LogP contribution in [0.2, 0.25) is 0 Å². The van der Waals surface area contributed by atoms with Crippen molar-refractivity contribution in [1.82, 2.24) is 10.6 Å². The number of nitrogens with one attached hydrogen (secondary N) is 2. The minimum absolute atomic E-state index is 0. The summed E-state index contributed by atoms with van der Waals surface area (Å²) in [5.74, 6) is 2.43. The number of methoxy groups -OCH3 is 1. The molecule has 1 saturated heterocycles. The number of guanidine groups is 1. The van der Waals surface area contributed by atoms with Gasteiger partial charge in [0.2, 0.25) is 0 Å². The molecule has 0 bridgehead atoms. The Balaban J connectivity index is 0.00000338. The molecule has 2 N–H and O–H groups in total. The summed E-state index contributed by atoms with van der Waals surface area (Å²) in [5.41, 5.74) is 0.577. The number of rotatable bonds is 8. The van der Waals surface area contributed by atoms with Crippen LogP contribution in [0.1, 0.15) is 25.3 Å². The van der Waals surface area contributed by atoms with Gasteiger partial charge in [-0.05, 0) is 37.7 Å². The smallest absolute Gasteiger partial charge is 0.387 e. The first kappa shape index (κ1) is 23.1. The molecule has 1 fully saturated rings. The van der Waals surface area contributed by atoms with Crippen LogP contribution < -0.4 is 20.1 Å². The molecule has 1 atom stereocenters. The largest absolute Gasteiger partial charge is 0.497 e. The summed E-state index contributed by atoms with van der Waals surface area (Å²) in [6, 6.07) is 4.85. The van der Waals surface area contributed by atoms with E-state index in [2.05, 4.69) is 20.4 Å². The molecule has 1 aliphatic rings. The lowest BCUT2D eigenvalue weighted by Gasteiger charge is -2.15. The highest BCUT2D eigenvalue weighted by atomic mass is 127. The van der Waals surface area contributed by atoms with Gasteiger partial charge in [-0.15, -0.1) is 24.0 Å². The van der Waals surface area contributed by atoms with E-state index in [-0.39, 0.29) is 36.3 Å². The molecule has 26 heavy (non-hydrogen) atoms. The maximum atomic E-state index is 12.6. The van der Waals surface area contributed by atoms with E-state index in [0.29, 0.717) is 22.5 Å². The van der Waals surface area contributed by atoms with E-state index in [9.17, 15) is 8.78 Å². The van der Waals surface area contributed by atoms with Crippen molar-refractivity contribution in [1.29, 1.82) is 0 Å². The molecule has 1 heterocycles. The highest BCUT2D eigenvalue weighted by Gasteiger charge is 2.16. The van der Waals surface area contributed by atoms with E-state index in [1.807, 2.05) is 18.7 Å². The van der Waals surface area contributed by atoms with Crippen LogP contribution in [0.3, 0.4) is 0 Å². The monoisotopic (exact) mass is 501 g/mol. The van der Waals surface area contributed by atoms with Crippen LogP contribution in [0.4, 0.5) is 8.78 Å². The molecule has 5 nitrogen and oxygen atoms in total. The number of ether oxygens (including phenoxy) is 2. The van der Waals surface area contributed by atoms with Gasteiger partial charge in [-0.2, -0.15) is 20.5 Å². The van der Waals surface area contributed by atoms with E-state index >= 15 is 0 Å². The number of halogens is 3. The third-order valence-electron chi connectivity index (χ3n) is 3.76. The Morgan fingerprint density at radius 1 is 1.38 bits per heavy atom. The third-order valence-corrected chi connectivity index (χ3v) is 5.16. The minimum Gasteiger partial charge on any atom is -0.497 e. The zero-order valence-electron chi connectivity index (χ0n) is 15.0. The summed E-state index contributed by atoms with van der Waals surface area (Å²) in [6.07, 6.45) is 2.47. The fourth-order valence-electron chi connectivity index (χ4n) is 2.52. The zero-order chi connectivity index (χ0) is 18.1. The number of alkyl halides is 2. The van der Waals surface area contributed by atoms with Crippen LogP contribution in [0.25, 0.3) is 0 Å². The normalized spacial score (nSPS) is 17.0. The van der Waals surface area contributed by atoms with Crippen LogP contribution >= 0.6 is 35.7 Å². The van der Waals surface area contributed by atoms with Gasteiger partial charge in [-0.3, -0.25) is 0 Å². The Kier molecular flexibility index (Phi) is 11.0. The third kappa shape index (κ3) is 7.73. The fraction of sp³-hybridized carbons (Fsp3) is 0.588. The van der Waals surface area contributed by atoms with Gasteiger partial charge in [0.1, 0.15) is 11.5 Å². The standard InChI is InChI=1S/C17H25F2N3O2S.HI/c1-3-20-17(22-11-14-5-4-8-25-14)21-10-12-6-7-13(23-2)9-15(12)24-16(18)19;/h6-7,9,14,16H,3-5,8,10-11H2,1-2H3,(H2,20,21,22);1H. The van der Waals surface area contributed by atoms with Crippen LogP contribution in [0.5, 0.6) is 11.5 Å². The first-order valence-corrected chi connectivity index (χ1v) is 9.42. The highest BCUT2D eigenvalue weighted by molar-refractivity contribution is 14.0. The molecule has 0 amide bonds. The van der Waals surface area contributed by atoms with Gasteiger partial charge in [-0.25, -0.2) is 4.99 Å². The molecule has 9 heteroatoms. The van der Waals surface area contributed by atoms with E-state index < -0.39 is 6.61 Å². The predicted molar refractivity (Wildman–Crippen MR) is 113 cm³/mol. The van der Waals surface area contributed by atoms with Gasteiger partial charge in [-0.1, -0.05) is 0 Å². The molecule has 2 rings (SSSR count). The van der Waals surface area contributed by atoms with Crippen molar-refractivity contribution in [3.63, 3.8) is 0 Å². The van der Waals surface area contributed by atoms with Crippen LogP contribution in [0.15, 0.2) is 23.2 Å². The van der Waals surface area contributed by atoms with Gasteiger partial charge < -0.3 is 20.1 Å². The van der Waals surface area contributed by atoms with E-state index in [4.69, 9.17) is 4.74 Å². The Morgan fingerprint density at radius 2 is 2.19 bits per heavy atom. The quantitative estimate of drug-likeness (QED) is 0.322. The Morgan fingerprint density at radius 3 is 2.81 bits per heavy atom. The summed E-state index contributed by atoms with van der Waals surface area (Å²) in [5, 5.41) is 7.10. The van der Waals surface area contributed by atoms with Crippen LogP contribution in [-0.4, -0.2) is 43.8 Å². The summed E-state index contributed by atoms with van der Waals surface area (Å²) >= 11 is 1.97. The SMILES string of the molecule is CCNC(=NCc1ccc(OC)cc1OC(F)F)NCC1CCCS1.I. The lowest BCUT2D eigenvalue weighted by atomic mass is 10.2. The Hall–Kier alpha value is -0.970. The fourth-order valence-corrected chi connectivity index (χ4v) is 3.72. The molecule has 1 aromatic rings. The highest BCUT2D eigenvalue weighted by Crippen LogP contribution is 2.27. The van der Waals surface area contributed by atoms with Crippen molar-refractivity contribution in [3.8, 4) is 11.5 Å². The lowest BCUT2D eigenvalue weighted by Crippen LogP contribution is -2.40. The molecule has 0 spiro atoms. The topological polar surface area (TPSA) is 54.9 Å². The van der Waals surface area contributed by atoms with Crippen LogP contribution in [0, 0.1) is 0 Å². The first-order chi connectivity index (χ1) is 12.1. The number of aliphatic imine (C=N–C) groups is 1. The lowest BCUT2D eigenvalue weighted by molar-refractivity contribution is -0.0505. The summed E-state index contributed by atoms with van der Waals surface area (Å²) in [6.45, 7) is 0.909. The molecule has 1 aliphatic heterocycles. The van der Waals surface area contributed by atoms with Crippen molar-refractivity contribution in [2.24, 2.45) is 4.99 Å². The predicted octanol–water partition coefficient (Wildman–Crippen LogP) is 3.87. The number of hydrogen-bond donors (Lipinski definition) is 2. The summed E-state index contributed by atoms with van der Waals surface area (Å²) in [4.78, 5) is 4.49. The maximum absolute atomic E-state index is 12.6. The second-order valence-corrected chi connectivity index (χ2v) is 6.97. The van der Waals surface area contributed by atoms with E-state index in [0.717, 1.165) is 13.1 Å². The van der Waals surface area contributed by atoms with E-state index in [1.165, 1.54) is 31.8 Å². The molecule has 1 unspecified atom stereocenters. The Labute approximate surface area is 174 Å². The van der Waals surface area contributed by atoms with E-state index in [1.54, 1.807) is 12.1 Å². The minimum atomic E-state index is -2.89. The van der Waals surface area contributed by atoms with Crippen molar-refractivity contribution in [3.05, 3.63) is 23.8 Å². The van der Waals surface area contributed by atoms with Crippen molar-refractivity contribution in [2.75, 3.05) is 26.0 Å². The second kappa shape index (κ2) is 12.4. The number of thioether (sulfide) groups is 1. The average Bonchev–Trinajstić information content (AvgIpc) is 3.11. The molecule has 1 aromatic carbocycles. The van der Waals surface area contributed by atoms with Gasteiger partial charge in [0.05, 0.1) is 13.7 Å². The molecular formula is C17H26F2IN3O2S. The summed E-state index contributed by atoms with van der Waals surface area (Å²) in [7, 11) is 1.48. The molecule has 0 radical (unpaired) electrons.